The van der Waals surface area contributed by atoms with Crippen LogP contribution in [0.2, 0.25) is 0 Å². The number of halogens is 3. The van der Waals surface area contributed by atoms with Crippen molar-refractivity contribution in [3.8, 4) is 0 Å². The van der Waals surface area contributed by atoms with Gasteiger partial charge in [-0.1, -0.05) is 36.4 Å². The summed E-state index contributed by atoms with van der Waals surface area (Å²) in [4.78, 5) is 13.5. The third-order valence-corrected chi connectivity index (χ3v) is 8.10. The molecule has 2 aromatic heterocycles. The van der Waals surface area contributed by atoms with Crippen LogP contribution >= 0.6 is 0 Å². The van der Waals surface area contributed by atoms with Gasteiger partial charge in [0.2, 0.25) is 0 Å². The van der Waals surface area contributed by atoms with Gasteiger partial charge in [-0.05, 0) is 25.0 Å². The third-order valence-electron chi connectivity index (χ3n) is 8.10. The van der Waals surface area contributed by atoms with E-state index in [0.29, 0.717) is 48.6 Å². The van der Waals surface area contributed by atoms with Crippen LogP contribution in [-0.2, 0) is 27.4 Å². The predicted molar refractivity (Wildman–Crippen MR) is 150 cm³/mol. The van der Waals surface area contributed by atoms with Gasteiger partial charge < -0.3 is 30.1 Å². The second kappa shape index (κ2) is 10.9. The number of primary amides is 1. The molecule has 4 N–H and O–H groups in total. The lowest BCUT2D eigenvalue weighted by atomic mass is 9.98. The van der Waals surface area contributed by atoms with Crippen LogP contribution < -0.4 is 11.5 Å². The summed E-state index contributed by atoms with van der Waals surface area (Å²) in [5.41, 5.74) is 16.1. The summed E-state index contributed by atoms with van der Waals surface area (Å²) in [6, 6.07) is 14.4. The van der Waals surface area contributed by atoms with Crippen molar-refractivity contribution in [2.75, 3.05) is 26.4 Å². The number of benzene rings is 2. The zero-order chi connectivity index (χ0) is 28.7. The Morgan fingerprint density at radius 2 is 1.56 bits per heavy atom. The van der Waals surface area contributed by atoms with Gasteiger partial charge in [-0.2, -0.15) is 13.2 Å². The lowest BCUT2D eigenvalue weighted by Crippen LogP contribution is -2.50. The summed E-state index contributed by atoms with van der Waals surface area (Å²) in [6.45, 7) is 1.00. The summed E-state index contributed by atoms with van der Waals surface area (Å²) in [6.07, 6.45) is -0.919. The first-order valence-corrected chi connectivity index (χ1v) is 13.7. The first kappa shape index (κ1) is 27.4. The first-order chi connectivity index (χ1) is 19.7. The van der Waals surface area contributed by atoms with Crippen LogP contribution in [0.15, 0.2) is 60.9 Å². The van der Waals surface area contributed by atoms with Crippen LogP contribution in [0.25, 0.3) is 33.1 Å². The summed E-state index contributed by atoms with van der Waals surface area (Å²) in [5, 5.41) is 1.61. The van der Waals surface area contributed by atoms with Crippen LogP contribution in [0.5, 0.6) is 0 Å². The highest BCUT2D eigenvalue weighted by molar-refractivity contribution is 6.29. The molecule has 11 heteroatoms. The number of para-hydroxylation sites is 2. The van der Waals surface area contributed by atoms with E-state index in [1.54, 1.807) is 0 Å². The summed E-state index contributed by atoms with van der Waals surface area (Å²) in [7, 11) is 0. The molecule has 1 saturated heterocycles. The number of nitrogens with zero attached hydrogens (tertiary/aromatic N) is 3. The number of hydrogen-bond acceptors (Lipinski definition) is 5. The Morgan fingerprint density at radius 3 is 2.20 bits per heavy atom. The minimum Gasteiger partial charge on any atom is -0.398 e. The van der Waals surface area contributed by atoms with Crippen LogP contribution in [0.3, 0.4) is 0 Å². The lowest BCUT2D eigenvalue weighted by Gasteiger charge is -2.33. The van der Waals surface area contributed by atoms with Gasteiger partial charge in [-0.15, -0.1) is 0 Å². The molecule has 0 saturated carbocycles. The molecular formula is C30H32F3N5O3. The molecule has 4 aromatic rings. The first-order valence-electron chi connectivity index (χ1n) is 13.7. The molecule has 6 rings (SSSR count). The minimum atomic E-state index is -4.52. The molecule has 8 nitrogen and oxygen atoms in total. The number of rotatable bonds is 4. The van der Waals surface area contributed by atoms with Gasteiger partial charge in [0, 0.05) is 77.6 Å². The Bertz CT molecular complexity index is 1620. The smallest absolute Gasteiger partial charge is 0.398 e. The number of nitrogens with two attached hydrogens (primary N) is 2. The number of carbonyl (C=O) groups excluding carboxylic acids is 1. The van der Waals surface area contributed by atoms with E-state index in [9.17, 15) is 18.0 Å². The SMILES string of the molecule is NC(=O)/C1=C(\N)c2cn(c3ccccc23)CCOC(CN(C2CCOC2)C(F)(F)F)CCn2cc1c1ccccc12. The van der Waals surface area contributed by atoms with E-state index in [-0.39, 0.29) is 31.0 Å². The monoisotopic (exact) mass is 567 g/mol. The zero-order valence-electron chi connectivity index (χ0n) is 22.4. The molecule has 4 bridgehead atoms. The highest BCUT2D eigenvalue weighted by atomic mass is 19.4. The number of ether oxygens (including phenoxy) is 2. The Hall–Kier alpha value is -3.80. The van der Waals surface area contributed by atoms with Crippen LogP contribution in [0.4, 0.5) is 13.2 Å². The maximum atomic E-state index is 14.2. The third kappa shape index (κ3) is 5.20. The quantitative estimate of drug-likeness (QED) is 0.358. The van der Waals surface area contributed by atoms with Crippen molar-refractivity contribution < 1.29 is 27.4 Å². The number of aryl methyl sites for hydroxylation is 1. The molecule has 2 atom stereocenters. The summed E-state index contributed by atoms with van der Waals surface area (Å²) >= 11 is 0. The van der Waals surface area contributed by atoms with Gasteiger partial charge in [0.05, 0.1) is 30.6 Å². The average molecular weight is 568 g/mol. The lowest BCUT2D eigenvalue weighted by molar-refractivity contribution is -0.265. The van der Waals surface area contributed by atoms with Crippen molar-refractivity contribution in [1.82, 2.24) is 14.0 Å². The van der Waals surface area contributed by atoms with Gasteiger partial charge in [0.25, 0.3) is 5.91 Å². The van der Waals surface area contributed by atoms with Crippen molar-refractivity contribution in [3.63, 3.8) is 0 Å². The Morgan fingerprint density at radius 1 is 0.927 bits per heavy atom. The number of carbonyl (C=O) groups is 1. The fraction of sp³-hybridized carbons (Fsp3) is 0.367. The molecular weight excluding hydrogens is 535 g/mol. The number of aromatic nitrogens is 2. The molecule has 0 aliphatic carbocycles. The highest BCUT2D eigenvalue weighted by Gasteiger charge is 2.44. The average Bonchev–Trinajstić information content (AvgIpc) is 3.67. The van der Waals surface area contributed by atoms with Crippen molar-refractivity contribution in [3.05, 3.63) is 72.1 Å². The molecule has 1 amide bonds. The number of hydrogen-bond donors (Lipinski definition) is 2. The van der Waals surface area contributed by atoms with Crippen LogP contribution in [0.1, 0.15) is 24.0 Å². The topological polar surface area (TPSA) is 101 Å². The van der Waals surface area contributed by atoms with E-state index in [1.165, 1.54) is 0 Å². The summed E-state index contributed by atoms with van der Waals surface area (Å²) in [5.74, 6) is -0.657. The minimum absolute atomic E-state index is 0.0413. The molecule has 2 aliphatic rings. The predicted octanol–water partition coefficient (Wildman–Crippen LogP) is 4.31. The number of amides is 1. The molecule has 2 aromatic carbocycles. The molecule has 41 heavy (non-hydrogen) atoms. The number of fused-ring (bicyclic) bond motifs is 10. The fourth-order valence-corrected chi connectivity index (χ4v) is 6.10. The fourth-order valence-electron chi connectivity index (χ4n) is 6.10. The van der Waals surface area contributed by atoms with Gasteiger partial charge >= 0.3 is 6.30 Å². The Labute approximate surface area is 234 Å². The molecule has 1 fully saturated rings. The van der Waals surface area contributed by atoms with E-state index >= 15 is 0 Å². The largest absolute Gasteiger partial charge is 0.460 e. The van der Waals surface area contributed by atoms with Crippen molar-refractivity contribution in [2.24, 2.45) is 11.5 Å². The van der Waals surface area contributed by atoms with E-state index in [0.717, 1.165) is 21.8 Å². The zero-order valence-corrected chi connectivity index (χ0v) is 22.4. The maximum Gasteiger partial charge on any atom is 0.460 e. The van der Waals surface area contributed by atoms with Crippen molar-refractivity contribution in [1.29, 1.82) is 0 Å². The molecule has 0 spiro atoms. The van der Waals surface area contributed by atoms with Gasteiger partial charge in [-0.25, -0.2) is 4.90 Å². The Balaban J connectivity index is 1.47. The molecule has 0 radical (unpaired) electrons. The molecule has 216 valence electrons. The van der Waals surface area contributed by atoms with Gasteiger partial charge in [0.1, 0.15) is 0 Å². The van der Waals surface area contributed by atoms with Crippen LogP contribution in [-0.4, -0.2) is 64.8 Å². The van der Waals surface area contributed by atoms with E-state index in [2.05, 4.69) is 0 Å². The van der Waals surface area contributed by atoms with Crippen molar-refractivity contribution in [2.45, 2.75) is 44.4 Å². The van der Waals surface area contributed by atoms with Gasteiger partial charge in [-0.3, -0.25) is 4.79 Å². The molecule has 2 unspecified atom stereocenters. The van der Waals surface area contributed by atoms with E-state index in [4.69, 9.17) is 20.9 Å². The highest BCUT2D eigenvalue weighted by Crippen LogP contribution is 2.35. The standard InChI is InChI=1S/C30H32F3N5O3/c31-30(32,33)38(19-10-13-40-18-19)15-20-9-11-36-16-23(21-5-1-3-7-25(21)36)27(29(35)39)28(34)24-17-37(12-14-41-20)26-8-4-2-6-22(24)26/h1-8,16-17,19-20H,9-15,18,34H2,(H2,35,39)/b28-27-. The Kier molecular flexibility index (Phi) is 7.27. The van der Waals surface area contributed by atoms with E-state index < -0.39 is 24.4 Å². The normalized spacial score (nSPS) is 22.4. The van der Waals surface area contributed by atoms with Crippen LogP contribution in [0, 0.1) is 0 Å². The molecule has 2 aliphatic heterocycles. The van der Waals surface area contributed by atoms with Gasteiger partial charge in [0.15, 0.2) is 0 Å². The second-order valence-electron chi connectivity index (χ2n) is 10.6. The van der Waals surface area contributed by atoms with Crippen molar-refractivity contribution >= 4 is 39.0 Å². The maximum absolute atomic E-state index is 14.2. The van der Waals surface area contributed by atoms with E-state index in [1.807, 2.05) is 70.1 Å². The summed E-state index contributed by atoms with van der Waals surface area (Å²) < 4.78 is 57.9. The number of alkyl halides is 3. The molecule has 4 heterocycles. The second-order valence-corrected chi connectivity index (χ2v) is 10.6.